The van der Waals surface area contributed by atoms with Crippen LogP contribution < -0.4 is 15.7 Å². The van der Waals surface area contributed by atoms with Gasteiger partial charge in [0.05, 0.1) is 0 Å². The monoisotopic (exact) mass is 444 g/mol. The summed E-state index contributed by atoms with van der Waals surface area (Å²) >= 11 is 0. The van der Waals surface area contributed by atoms with Gasteiger partial charge in [-0.15, -0.1) is 0 Å². The van der Waals surface area contributed by atoms with Gasteiger partial charge in [0.1, 0.15) is 24.0 Å². The number of aliphatic hydroxyl groups is 1. The van der Waals surface area contributed by atoms with Crippen molar-refractivity contribution in [2.24, 2.45) is 0 Å². The Kier molecular flexibility index (Phi) is 7.50. The van der Waals surface area contributed by atoms with E-state index in [0.29, 0.717) is 29.9 Å². The fraction of sp³-hybridized carbons (Fsp3) is 0.259. The van der Waals surface area contributed by atoms with E-state index in [1.54, 1.807) is 12.3 Å². The highest BCUT2D eigenvalue weighted by molar-refractivity contribution is 5.82. The van der Waals surface area contributed by atoms with E-state index in [2.05, 4.69) is 10.3 Å². The van der Waals surface area contributed by atoms with Gasteiger partial charge in [-0.2, -0.15) is 0 Å². The van der Waals surface area contributed by atoms with E-state index in [0.717, 1.165) is 35.0 Å². The van der Waals surface area contributed by atoms with Gasteiger partial charge in [0, 0.05) is 42.4 Å². The van der Waals surface area contributed by atoms with Gasteiger partial charge in [-0.1, -0.05) is 36.4 Å². The normalized spacial score (nSPS) is 12.1. The molecular weight excluding hydrogens is 416 g/mol. The highest BCUT2D eigenvalue weighted by Crippen LogP contribution is 2.25. The van der Waals surface area contributed by atoms with Crippen molar-refractivity contribution in [1.82, 2.24) is 10.3 Å². The smallest absolute Gasteiger partial charge is 0.340 e. The Hall–Kier alpha value is -3.48. The van der Waals surface area contributed by atoms with Crippen LogP contribution >= 0.6 is 0 Å². The summed E-state index contributed by atoms with van der Waals surface area (Å²) in [6, 6.07) is 19.3. The topological polar surface area (TPSA) is 84.6 Å². The maximum absolute atomic E-state index is 12.6. The number of aromatic nitrogens is 1. The van der Waals surface area contributed by atoms with Gasteiger partial charge in [-0.05, 0) is 54.8 Å². The molecule has 0 amide bonds. The first-order chi connectivity index (χ1) is 16.1. The van der Waals surface area contributed by atoms with Crippen LogP contribution in [0.15, 0.2) is 82.3 Å². The van der Waals surface area contributed by atoms with Crippen molar-refractivity contribution >= 4 is 11.0 Å². The highest BCUT2D eigenvalue weighted by atomic mass is 16.5. The molecule has 6 heteroatoms. The Morgan fingerprint density at radius 1 is 1.09 bits per heavy atom. The Bertz CT molecular complexity index is 1240. The maximum Gasteiger partial charge on any atom is 0.340 e. The molecule has 0 fully saturated rings. The first kappa shape index (κ1) is 22.7. The Morgan fingerprint density at radius 3 is 2.70 bits per heavy atom. The second kappa shape index (κ2) is 10.9. The number of fused-ring (bicyclic) bond motifs is 1. The number of hydrogen-bond acceptors (Lipinski definition) is 6. The number of ether oxygens (including phenoxy) is 1. The Balaban J connectivity index is 1.34. The number of aliphatic hydroxyl groups excluding tert-OH is 1. The SMILES string of the molecule is Cc1c(Cc2ccccc2)c(=O)oc2cc(OCC(O)CNCCc3cccnc3)ccc12. The van der Waals surface area contributed by atoms with Crippen molar-refractivity contribution in [1.29, 1.82) is 0 Å². The molecule has 0 spiro atoms. The molecular formula is C27H28N2O4. The number of nitrogens with zero attached hydrogens (tertiary/aromatic N) is 1. The lowest BCUT2D eigenvalue weighted by atomic mass is 10.00. The van der Waals surface area contributed by atoms with Crippen LogP contribution in [0, 0.1) is 6.92 Å². The van der Waals surface area contributed by atoms with E-state index < -0.39 is 6.10 Å². The lowest BCUT2D eigenvalue weighted by molar-refractivity contribution is 0.106. The van der Waals surface area contributed by atoms with Crippen LogP contribution in [0.4, 0.5) is 0 Å². The first-order valence-corrected chi connectivity index (χ1v) is 11.1. The molecule has 4 rings (SSSR count). The van der Waals surface area contributed by atoms with E-state index >= 15 is 0 Å². The van der Waals surface area contributed by atoms with Gasteiger partial charge in [-0.25, -0.2) is 4.79 Å². The molecule has 0 radical (unpaired) electrons. The molecule has 2 heterocycles. The van der Waals surface area contributed by atoms with Crippen molar-refractivity contribution in [3.05, 3.63) is 106 Å². The van der Waals surface area contributed by atoms with E-state index in [1.807, 2.05) is 67.7 Å². The molecule has 0 aliphatic carbocycles. The summed E-state index contributed by atoms with van der Waals surface area (Å²) in [5, 5.41) is 14.3. The van der Waals surface area contributed by atoms with Crippen molar-refractivity contribution in [2.45, 2.75) is 25.9 Å². The van der Waals surface area contributed by atoms with Crippen LogP contribution in [0.1, 0.15) is 22.3 Å². The predicted octanol–water partition coefficient (Wildman–Crippen LogP) is 3.66. The standard InChI is InChI=1S/C27H28N2O4/c1-19-24-10-9-23(32-18-22(30)17-29-13-11-21-8-5-12-28-16-21)15-26(24)33-27(31)25(19)14-20-6-3-2-4-7-20/h2-10,12,15-16,22,29-30H,11,13-14,17-18H2,1H3. The first-order valence-electron chi connectivity index (χ1n) is 11.1. The van der Waals surface area contributed by atoms with E-state index in [1.165, 1.54) is 0 Å². The molecule has 0 aliphatic rings. The summed E-state index contributed by atoms with van der Waals surface area (Å²) in [5.74, 6) is 0.551. The average molecular weight is 445 g/mol. The third kappa shape index (κ3) is 6.06. The summed E-state index contributed by atoms with van der Waals surface area (Å²) in [7, 11) is 0. The van der Waals surface area contributed by atoms with Crippen LogP contribution in [-0.4, -0.2) is 35.9 Å². The Labute approximate surface area is 192 Å². The quantitative estimate of drug-likeness (QED) is 0.287. The average Bonchev–Trinajstić information content (AvgIpc) is 2.84. The zero-order valence-corrected chi connectivity index (χ0v) is 18.7. The van der Waals surface area contributed by atoms with Crippen molar-refractivity contribution < 1.29 is 14.3 Å². The minimum atomic E-state index is -0.656. The highest BCUT2D eigenvalue weighted by Gasteiger charge is 2.13. The van der Waals surface area contributed by atoms with E-state index in [9.17, 15) is 9.90 Å². The third-order valence-electron chi connectivity index (χ3n) is 5.62. The van der Waals surface area contributed by atoms with Gasteiger partial charge < -0.3 is 19.6 Å². The lowest BCUT2D eigenvalue weighted by Gasteiger charge is -2.14. The minimum absolute atomic E-state index is 0.140. The molecule has 0 saturated heterocycles. The van der Waals surface area contributed by atoms with Crippen LogP contribution in [0.5, 0.6) is 5.75 Å². The van der Waals surface area contributed by atoms with Crippen LogP contribution in [-0.2, 0) is 12.8 Å². The number of rotatable bonds is 10. The summed E-state index contributed by atoms with van der Waals surface area (Å²) < 4.78 is 11.3. The third-order valence-corrected chi connectivity index (χ3v) is 5.62. The fourth-order valence-corrected chi connectivity index (χ4v) is 3.77. The zero-order chi connectivity index (χ0) is 23.0. The van der Waals surface area contributed by atoms with Crippen LogP contribution in [0.2, 0.25) is 0 Å². The van der Waals surface area contributed by atoms with Gasteiger partial charge in [0.15, 0.2) is 0 Å². The summed E-state index contributed by atoms with van der Waals surface area (Å²) in [5.41, 5.74) is 3.94. The predicted molar refractivity (Wildman–Crippen MR) is 129 cm³/mol. The molecule has 0 aliphatic heterocycles. The molecule has 2 aromatic carbocycles. The largest absolute Gasteiger partial charge is 0.491 e. The van der Waals surface area contributed by atoms with Gasteiger partial charge in [0.2, 0.25) is 0 Å². The molecule has 1 atom stereocenters. The molecule has 2 aromatic heterocycles. The second-order valence-corrected chi connectivity index (χ2v) is 8.09. The molecule has 0 bridgehead atoms. The van der Waals surface area contributed by atoms with Crippen LogP contribution in [0.25, 0.3) is 11.0 Å². The molecule has 33 heavy (non-hydrogen) atoms. The van der Waals surface area contributed by atoms with Crippen molar-refractivity contribution in [3.8, 4) is 5.75 Å². The second-order valence-electron chi connectivity index (χ2n) is 8.09. The van der Waals surface area contributed by atoms with Crippen LogP contribution in [0.3, 0.4) is 0 Å². The Morgan fingerprint density at radius 2 is 1.91 bits per heavy atom. The minimum Gasteiger partial charge on any atom is -0.491 e. The van der Waals surface area contributed by atoms with Gasteiger partial charge >= 0.3 is 5.63 Å². The number of pyridine rings is 1. The number of aryl methyl sites for hydroxylation is 1. The molecule has 6 nitrogen and oxygen atoms in total. The molecule has 2 N–H and O–H groups in total. The van der Waals surface area contributed by atoms with Gasteiger partial charge in [0.25, 0.3) is 0 Å². The summed E-state index contributed by atoms with van der Waals surface area (Å²) in [6.07, 6.45) is 4.31. The summed E-state index contributed by atoms with van der Waals surface area (Å²) in [6.45, 7) is 3.25. The fourth-order valence-electron chi connectivity index (χ4n) is 3.77. The number of nitrogens with one attached hydrogen (secondary N) is 1. The maximum atomic E-state index is 12.6. The lowest BCUT2D eigenvalue weighted by Crippen LogP contribution is -2.32. The number of hydrogen-bond donors (Lipinski definition) is 2. The molecule has 4 aromatic rings. The van der Waals surface area contributed by atoms with Crippen molar-refractivity contribution in [2.75, 3.05) is 19.7 Å². The van der Waals surface area contributed by atoms with E-state index in [4.69, 9.17) is 9.15 Å². The van der Waals surface area contributed by atoms with E-state index in [-0.39, 0.29) is 12.2 Å². The number of benzene rings is 2. The zero-order valence-electron chi connectivity index (χ0n) is 18.7. The molecule has 1 unspecified atom stereocenters. The summed E-state index contributed by atoms with van der Waals surface area (Å²) in [4.78, 5) is 16.7. The van der Waals surface area contributed by atoms with Crippen molar-refractivity contribution in [3.63, 3.8) is 0 Å². The molecule has 0 saturated carbocycles. The molecule has 170 valence electrons. The van der Waals surface area contributed by atoms with Gasteiger partial charge in [-0.3, -0.25) is 4.98 Å².